The van der Waals surface area contributed by atoms with E-state index in [9.17, 15) is 4.79 Å². The minimum atomic E-state index is -0.0519. The quantitative estimate of drug-likeness (QED) is 0.935. The van der Waals surface area contributed by atoms with Crippen molar-refractivity contribution in [1.82, 2.24) is 10.3 Å². The predicted octanol–water partition coefficient (Wildman–Crippen LogP) is 3.08. The van der Waals surface area contributed by atoms with Crippen molar-refractivity contribution in [1.29, 1.82) is 0 Å². The summed E-state index contributed by atoms with van der Waals surface area (Å²) in [5.74, 6) is -0.0519. The van der Waals surface area contributed by atoms with E-state index in [2.05, 4.69) is 10.3 Å². The molecule has 0 aliphatic carbocycles. The van der Waals surface area contributed by atoms with E-state index < -0.39 is 0 Å². The standard InChI is InChI=1S/C13H13ClN2OS/c1-9-12(18-8-16-9)13(17)15-7-6-10-2-4-11(14)5-3-10/h2-5,8H,6-7H2,1H3,(H,15,17). The number of hydrogen-bond donors (Lipinski definition) is 1. The minimum absolute atomic E-state index is 0.0519. The summed E-state index contributed by atoms with van der Waals surface area (Å²) in [5.41, 5.74) is 3.62. The first kappa shape index (κ1) is 13.1. The van der Waals surface area contributed by atoms with Crippen molar-refractivity contribution in [2.45, 2.75) is 13.3 Å². The number of nitrogens with one attached hydrogen (secondary N) is 1. The van der Waals surface area contributed by atoms with Gasteiger partial charge in [0.05, 0.1) is 11.2 Å². The largest absolute Gasteiger partial charge is 0.351 e. The van der Waals surface area contributed by atoms with Crippen LogP contribution in [0.5, 0.6) is 0 Å². The Hall–Kier alpha value is -1.39. The molecule has 2 aromatic rings. The maximum Gasteiger partial charge on any atom is 0.263 e. The van der Waals surface area contributed by atoms with Crippen molar-refractivity contribution in [2.24, 2.45) is 0 Å². The van der Waals surface area contributed by atoms with Crippen molar-refractivity contribution in [3.63, 3.8) is 0 Å². The molecule has 0 bridgehead atoms. The second kappa shape index (κ2) is 5.98. The summed E-state index contributed by atoms with van der Waals surface area (Å²) in [7, 11) is 0. The van der Waals surface area contributed by atoms with E-state index >= 15 is 0 Å². The van der Waals surface area contributed by atoms with Gasteiger partial charge < -0.3 is 5.32 Å². The fourth-order valence-electron chi connectivity index (χ4n) is 1.57. The molecule has 94 valence electrons. The van der Waals surface area contributed by atoms with Gasteiger partial charge >= 0.3 is 0 Å². The molecule has 1 heterocycles. The van der Waals surface area contributed by atoms with Crippen LogP contribution in [-0.4, -0.2) is 17.4 Å². The van der Waals surface area contributed by atoms with Gasteiger partial charge in [-0.15, -0.1) is 11.3 Å². The molecule has 1 N–H and O–H groups in total. The van der Waals surface area contributed by atoms with Crippen LogP contribution in [0.15, 0.2) is 29.8 Å². The number of carbonyl (C=O) groups is 1. The molecule has 0 unspecified atom stereocenters. The van der Waals surface area contributed by atoms with Gasteiger partial charge in [-0.3, -0.25) is 4.79 Å². The van der Waals surface area contributed by atoms with Crippen LogP contribution in [0.2, 0.25) is 5.02 Å². The molecule has 2 rings (SSSR count). The number of thiazole rings is 1. The van der Waals surface area contributed by atoms with E-state index in [0.717, 1.165) is 22.7 Å². The molecular formula is C13H13ClN2OS. The molecule has 1 amide bonds. The summed E-state index contributed by atoms with van der Waals surface area (Å²) < 4.78 is 0. The molecule has 3 nitrogen and oxygen atoms in total. The summed E-state index contributed by atoms with van der Waals surface area (Å²) in [4.78, 5) is 16.6. The lowest BCUT2D eigenvalue weighted by molar-refractivity contribution is 0.0957. The molecule has 0 spiro atoms. The maximum atomic E-state index is 11.8. The lowest BCUT2D eigenvalue weighted by Gasteiger charge is -2.04. The van der Waals surface area contributed by atoms with Crippen molar-refractivity contribution in [2.75, 3.05) is 6.54 Å². The Morgan fingerprint density at radius 1 is 1.39 bits per heavy atom. The second-order valence-electron chi connectivity index (χ2n) is 3.90. The smallest absolute Gasteiger partial charge is 0.263 e. The Bertz CT molecular complexity index is 536. The molecule has 18 heavy (non-hydrogen) atoms. The van der Waals surface area contributed by atoms with Gasteiger partial charge in [-0.1, -0.05) is 23.7 Å². The monoisotopic (exact) mass is 280 g/mol. The van der Waals surface area contributed by atoms with E-state index in [1.807, 2.05) is 31.2 Å². The third kappa shape index (κ3) is 3.31. The molecule has 0 saturated carbocycles. The normalized spacial score (nSPS) is 10.3. The van der Waals surface area contributed by atoms with Crippen molar-refractivity contribution >= 4 is 28.8 Å². The first-order chi connectivity index (χ1) is 8.66. The molecule has 1 aromatic heterocycles. The van der Waals surface area contributed by atoms with Crippen LogP contribution in [0.1, 0.15) is 20.9 Å². The maximum absolute atomic E-state index is 11.8. The number of hydrogen-bond acceptors (Lipinski definition) is 3. The van der Waals surface area contributed by atoms with Crippen molar-refractivity contribution in [3.8, 4) is 0 Å². The molecule has 1 aromatic carbocycles. The highest BCUT2D eigenvalue weighted by molar-refractivity contribution is 7.11. The minimum Gasteiger partial charge on any atom is -0.351 e. The molecule has 0 fully saturated rings. The van der Waals surface area contributed by atoms with Crippen LogP contribution in [0.25, 0.3) is 0 Å². The van der Waals surface area contributed by atoms with Crippen LogP contribution in [0.3, 0.4) is 0 Å². The van der Waals surface area contributed by atoms with Crippen LogP contribution >= 0.6 is 22.9 Å². The molecule has 0 aliphatic rings. The summed E-state index contributed by atoms with van der Waals surface area (Å²) in [5, 5.41) is 3.61. The van der Waals surface area contributed by atoms with Crippen LogP contribution < -0.4 is 5.32 Å². The Morgan fingerprint density at radius 3 is 2.72 bits per heavy atom. The number of benzene rings is 1. The van der Waals surface area contributed by atoms with E-state index in [-0.39, 0.29) is 5.91 Å². The highest BCUT2D eigenvalue weighted by Gasteiger charge is 2.10. The number of nitrogens with zero attached hydrogens (tertiary/aromatic N) is 1. The van der Waals surface area contributed by atoms with Crippen molar-refractivity contribution < 1.29 is 4.79 Å². The Labute approximate surface area is 115 Å². The highest BCUT2D eigenvalue weighted by Crippen LogP contribution is 2.12. The van der Waals surface area contributed by atoms with Crippen molar-refractivity contribution in [3.05, 3.63) is 50.9 Å². The lowest BCUT2D eigenvalue weighted by Crippen LogP contribution is -2.25. The fraction of sp³-hybridized carbons (Fsp3) is 0.231. The van der Waals surface area contributed by atoms with Gasteiger partial charge in [0.1, 0.15) is 4.88 Å². The molecule has 0 saturated heterocycles. The van der Waals surface area contributed by atoms with Crippen LogP contribution in [0.4, 0.5) is 0 Å². The average molecular weight is 281 g/mol. The first-order valence-electron chi connectivity index (χ1n) is 5.59. The molecular weight excluding hydrogens is 268 g/mol. The number of aromatic nitrogens is 1. The van der Waals surface area contributed by atoms with Gasteiger partial charge in [-0.05, 0) is 31.0 Å². The third-order valence-electron chi connectivity index (χ3n) is 2.56. The van der Waals surface area contributed by atoms with Gasteiger partial charge in [-0.2, -0.15) is 0 Å². The summed E-state index contributed by atoms with van der Waals surface area (Å²) in [6.45, 7) is 2.45. The molecule has 0 aliphatic heterocycles. The SMILES string of the molecule is Cc1ncsc1C(=O)NCCc1ccc(Cl)cc1. The Balaban J connectivity index is 1.84. The zero-order valence-electron chi connectivity index (χ0n) is 9.94. The molecule has 0 radical (unpaired) electrons. The number of rotatable bonds is 4. The highest BCUT2D eigenvalue weighted by atomic mass is 35.5. The van der Waals surface area contributed by atoms with Gasteiger partial charge in [0.2, 0.25) is 0 Å². The number of aryl methyl sites for hydroxylation is 1. The zero-order valence-corrected chi connectivity index (χ0v) is 11.5. The second-order valence-corrected chi connectivity index (χ2v) is 5.19. The summed E-state index contributed by atoms with van der Waals surface area (Å²) in [6.07, 6.45) is 0.792. The third-order valence-corrected chi connectivity index (χ3v) is 3.74. The lowest BCUT2D eigenvalue weighted by atomic mass is 10.1. The van der Waals surface area contributed by atoms with Gasteiger partial charge in [-0.25, -0.2) is 4.98 Å². The van der Waals surface area contributed by atoms with Gasteiger partial charge in [0, 0.05) is 11.6 Å². The Morgan fingerprint density at radius 2 is 2.11 bits per heavy atom. The topological polar surface area (TPSA) is 42.0 Å². The van der Waals surface area contributed by atoms with Gasteiger partial charge in [0.15, 0.2) is 0 Å². The summed E-state index contributed by atoms with van der Waals surface area (Å²) in [6, 6.07) is 7.64. The molecule has 5 heteroatoms. The van der Waals surface area contributed by atoms with E-state index in [1.165, 1.54) is 11.3 Å². The first-order valence-corrected chi connectivity index (χ1v) is 6.85. The fourth-order valence-corrected chi connectivity index (χ4v) is 2.42. The molecule has 0 atom stereocenters. The van der Waals surface area contributed by atoms with E-state index in [0.29, 0.717) is 11.4 Å². The summed E-state index contributed by atoms with van der Waals surface area (Å²) >= 11 is 7.17. The van der Waals surface area contributed by atoms with Crippen LogP contribution in [0, 0.1) is 6.92 Å². The average Bonchev–Trinajstić information content (AvgIpc) is 2.78. The number of amides is 1. The van der Waals surface area contributed by atoms with E-state index in [4.69, 9.17) is 11.6 Å². The Kier molecular flexibility index (Phi) is 4.33. The number of halogens is 1. The number of carbonyl (C=O) groups excluding carboxylic acids is 1. The van der Waals surface area contributed by atoms with Gasteiger partial charge in [0.25, 0.3) is 5.91 Å². The van der Waals surface area contributed by atoms with Crippen LogP contribution in [-0.2, 0) is 6.42 Å². The predicted molar refractivity (Wildman–Crippen MR) is 74.3 cm³/mol. The van der Waals surface area contributed by atoms with E-state index in [1.54, 1.807) is 5.51 Å². The zero-order chi connectivity index (χ0) is 13.0.